The van der Waals surface area contributed by atoms with E-state index in [1.165, 1.54) is 18.6 Å². The average Bonchev–Trinajstić information content (AvgIpc) is 2.85. The largest absolute Gasteiger partial charge is 0.339 e. The quantitative estimate of drug-likeness (QED) is 0.779. The number of pyridine rings is 1. The summed E-state index contributed by atoms with van der Waals surface area (Å²) >= 11 is 0. The SMILES string of the molecule is CCN1CCCC1CN(C)C(=O)c1cccc(F)n1. The minimum absolute atomic E-state index is 0.170. The van der Waals surface area contributed by atoms with Crippen LogP contribution in [0.15, 0.2) is 18.2 Å². The summed E-state index contributed by atoms with van der Waals surface area (Å²) in [6.07, 6.45) is 2.29. The summed E-state index contributed by atoms with van der Waals surface area (Å²) in [7, 11) is 1.75. The number of carbonyl (C=O) groups excluding carboxylic acids is 1. The minimum Gasteiger partial charge on any atom is -0.339 e. The molecular weight excluding hydrogens is 245 g/mol. The summed E-state index contributed by atoms with van der Waals surface area (Å²) in [6.45, 7) is 4.91. The van der Waals surface area contributed by atoms with Gasteiger partial charge in [-0.1, -0.05) is 13.0 Å². The number of likely N-dealkylation sites (tertiary alicyclic amines) is 1. The monoisotopic (exact) mass is 265 g/mol. The molecule has 19 heavy (non-hydrogen) atoms. The van der Waals surface area contributed by atoms with Crippen molar-refractivity contribution in [3.05, 3.63) is 29.8 Å². The first-order valence-corrected chi connectivity index (χ1v) is 6.74. The fourth-order valence-electron chi connectivity index (χ4n) is 2.64. The molecule has 104 valence electrons. The highest BCUT2D eigenvalue weighted by Gasteiger charge is 2.26. The predicted octanol–water partition coefficient (Wildman–Crippen LogP) is 1.78. The third kappa shape index (κ3) is 3.29. The first kappa shape index (κ1) is 13.9. The number of nitrogens with zero attached hydrogens (tertiary/aromatic N) is 3. The zero-order valence-corrected chi connectivity index (χ0v) is 11.5. The second-order valence-electron chi connectivity index (χ2n) is 4.96. The maximum Gasteiger partial charge on any atom is 0.272 e. The number of rotatable bonds is 4. The topological polar surface area (TPSA) is 36.4 Å². The van der Waals surface area contributed by atoms with Crippen molar-refractivity contribution in [1.82, 2.24) is 14.8 Å². The Labute approximate surface area is 113 Å². The van der Waals surface area contributed by atoms with Crippen LogP contribution in [-0.4, -0.2) is 53.4 Å². The Bertz CT molecular complexity index is 452. The fraction of sp³-hybridized carbons (Fsp3) is 0.571. The van der Waals surface area contributed by atoms with Crippen LogP contribution in [0.1, 0.15) is 30.3 Å². The first-order chi connectivity index (χ1) is 9.11. The van der Waals surface area contributed by atoms with Crippen LogP contribution in [0.4, 0.5) is 4.39 Å². The second kappa shape index (κ2) is 6.10. The molecular formula is C14H20FN3O. The van der Waals surface area contributed by atoms with Gasteiger partial charge in [-0.25, -0.2) is 4.98 Å². The molecule has 1 aliphatic heterocycles. The van der Waals surface area contributed by atoms with Crippen molar-refractivity contribution in [2.24, 2.45) is 0 Å². The molecule has 1 saturated heterocycles. The summed E-state index contributed by atoms with van der Waals surface area (Å²) in [5.41, 5.74) is 0.170. The molecule has 2 heterocycles. The van der Waals surface area contributed by atoms with Crippen LogP contribution < -0.4 is 0 Å². The molecule has 1 unspecified atom stereocenters. The molecule has 0 N–H and O–H groups in total. The van der Waals surface area contributed by atoms with E-state index < -0.39 is 5.95 Å². The second-order valence-corrected chi connectivity index (χ2v) is 4.96. The Morgan fingerprint density at radius 2 is 2.37 bits per heavy atom. The minimum atomic E-state index is -0.615. The first-order valence-electron chi connectivity index (χ1n) is 6.74. The molecule has 1 amide bonds. The summed E-state index contributed by atoms with van der Waals surface area (Å²) in [5.74, 6) is -0.835. The van der Waals surface area contributed by atoms with E-state index in [1.54, 1.807) is 18.0 Å². The Morgan fingerprint density at radius 3 is 3.05 bits per heavy atom. The van der Waals surface area contributed by atoms with E-state index in [9.17, 15) is 9.18 Å². The number of likely N-dealkylation sites (N-methyl/N-ethyl adjacent to an activating group) is 2. The Kier molecular flexibility index (Phi) is 4.47. The number of carbonyl (C=O) groups is 1. The predicted molar refractivity (Wildman–Crippen MR) is 71.4 cm³/mol. The number of halogens is 1. The molecule has 0 aromatic carbocycles. The summed E-state index contributed by atoms with van der Waals surface area (Å²) in [5, 5.41) is 0. The van der Waals surface area contributed by atoms with E-state index >= 15 is 0 Å². The third-order valence-electron chi connectivity index (χ3n) is 3.67. The van der Waals surface area contributed by atoms with Gasteiger partial charge in [-0.05, 0) is 38.1 Å². The van der Waals surface area contributed by atoms with Gasteiger partial charge in [0.05, 0.1) is 0 Å². The molecule has 5 heteroatoms. The lowest BCUT2D eigenvalue weighted by atomic mass is 10.2. The maximum atomic E-state index is 13.0. The van der Waals surface area contributed by atoms with Crippen LogP contribution in [0.25, 0.3) is 0 Å². The highest BCUT2D eigenvalue weighted by atomic mass is 19.1. The summed E-state index contributed by atoms with van der Waals surface area (Å²) in [6, 6.07) is 4.71. The zero-order valence-electron chi connectivity index (χ0n) is 11.5. The normalized spacial score (nSPS) is 19.6. The Hall–Kier alpha value is -1.49. The molecule has 0 spiro atoms. The molecule has 1 atom stereocenters. The zero-order chi connectivity index (χ0) is 13.8. The number of aromatic nitrogens is 1. The molecule has 0 bridgehead atoms. The van der Waals surface area contributed by atoms with E-state index in [4.69, 9.17) is 0 Å². The molecule has 4 nitrogen and oxygen atoms in total. The molecule has 1 aliphatic rings. The van der Waals surface area contributed by atoms with Gasteiger partial charge in [0.1, 0.15) is 5.69 Å². The van der Waals surface area contributed by atoms with Gasteiger partial charge in [0.2, 0.25) is 5.95 Å². The van der Waals surface area contributed by atoms with Gasteiger partial charge >= 0.3 is 0 Å². The highest BCUT2D eigenvalue weighted by molar-refractivity contribution is 5.92. The van der Waals surface area contributed by atoms with Gasteiger partial charge in [0.15, 0.2) is 0 Å². The highest BCUT2D eigenvalue weighted by Crippen LogP contribution is 2.17. The molecule has 0 radical (unpaired) electrons. The van der Waals surface area contributed by atoms with E-state index in [0.717, 1.165) is 19.5 Å². The van der Waals surface area contributed by atoms with Crippen molar-refractivity contribution < 1.29 is 9.18 Å². The molecule has 0 saturated carbocycles. The van der Waals surface area contributed by atoms with Crippen molar-refractivity contribution in [1.29, 1.82) is 0 Å². The van der Waals surface area contributed by atoms with E-state index in [2.05, 4.69) is 16.8 Å². The van der Waals surface area contributed by atoms with E-state index in [-0.39, 0.29) is 11.6 Å². The van der Waals surface area contributed by atoms with Crippen LogP contribution in [0.2, 0.25) is 0 Å². The summed E-state index contributed by atoms with van der Waals surface area (Å²) in [4.78, 5) is 19.8. The number of amides is 1. The van der Waals surface area contributed by atoms with Gasteiger partial charge < -0.3 is 4.90 Å². The van der Waals surface area contributed by atoms with Gasteiger partial charge in [-0.3, -0.25) is 9.69 Å². The van der Waals surface area contributed by atoms with Gasteiger partial charge in [0.25, 0.3) is 5.91 Å². The van der Waals surface area contributed by atoms with Crippen molar-refractivity contribution in [2.45, 2.75) is 25.8 Å². The third-order valence-corrected chi connectivity index (χ3v) is 3.67. The van der Waals surface area contributed by atoms with Crippen molar-refractivity contribution in [3.8, 4) is 0 Å². The van der Waals surface area contributed by atoms with Gasteiger partial charge in [-0.15, -0.1) is 0 Å². The van der Waals surface area contributed by atoms with Gasteiger partial charge in [0, 0.05) is 19.6 Å². The van der Waals surface area contributed by atoms with Crippen LogP contribution >= 0.6 is 0 Å². The standard InChI is InChI=1S/C14H20FN3O/c1-3-18-9-5-6-11(18)10-17(2)14(19)12-7-4-8-13(15)16-12/h4,7-8,11H,3,5-6,9-10H2,1-2H3. The van der Waals surface area contributed by atoms with Crippen molar-refractivity contribution in [3.63, 3.8) is 0 Å². The smallest absolute Gasteiger partial charge is 0.272 e. The van der Waals surface area contributed by atoms with E-state index in [0.29, 0.717) is 12.6 Å². The maximum absolute atomic E-state index is 13.0. The van der Waals surface area contributed by atoms with Crippen LogP contribution in [0.3, 0.4) is 0 Å². The molecule has 1 fully saturated rings. The lowest BCUT2D eigenvalue weighted by Gasteiger charge is -2.27. The number of hydrogen-bond acceptors (Lipinski definition) is 3. The number of hydrogen-bond donors (Lipinski definition) is 0. The summed E-state index contributed by atoms with van der Waals surface area (Å²) < 4.78 is 13.0. The molecule has 0 aliphatic carbocycles. The Morgan fingerprint density at radius 1 is 1.58 bits per heavy atom. The van der Waals surface area contributed by atoms with Crippen LogP contribution in [0, 0.1) is 5.95 Å². The van der Waals surface area contributed by atoms with Crippen LogP contribution in [-0.2, 0) is 0 Å². The van der Waals surface area contributed by atoms with Crippen molar-refractivity contribution >= 4 is 5.91 Å². The lowest BCUT2D eigenvalue weighted by Crippen LogP contribution is -2.41. The van der Waals surface area contributed by atoms with E-state index in [1.807, 2.05) is 0 Å². The Balaban J connectivity index is 1.99. The lowest BCUT2D eigenvalue weighted by molar-refractivity contribution is 0.0747. The molecule has 1 aromatic heterocycles. The van der Waals surface area contributed by atoms with Gasteiger partial charge in [-0.2, -0.15) is 4.39 Å². The average molecular weight is 265 g/mol. The molecule has 2 rings (SSSR count). The fourth-order valence-corrected chi connectivity index (χ4v) is 2.64. The molecule has 1 aromatic rings. The van der Waals surface area contributed by atoms with Crippen LogP contribution in [0.5, 0.6) is 0 Å². The van der Waals surface area contributed by atoms with Crippen molar-refractivity contribution in [2.75, 3.05) is 26.7 Å².